The largest absolute Gasteiger partial charge is 0.385 e. The molecule has 2 atom stereocenters. The molecule has 5 rings (SSSR count). The first-order chi connectivity index (χ1) is 15.1. The van der Waals surface area contributed by atoms with E-state index in [4.69, 9.17) is 0 Å². The Kier molecular flexibility index (Phi) is 5.64. The van der Waals surface area contributed by atoms with Crippen LogP contribution in [0.5, 0.6) is 0 Å². The van der Waals surface area contributed by atoms with Crippen molar-refractivity contribution >= 4 is 0 Å². The number of likely N-dealkylation sites (tertiary alicyclic amines) is 1. The monoisotopic (exact) mass is 415 g/mol. The highest BCUT2D eigenvalue weighted by Crippen LogP contribution is 2.48. The van der Waals surface area contributed by atoms with Crippen molar-refractivity contribution in [3.05, 3.63) is 107 Å². The molecule has 3 aromatic rings. The lowest BCUT2D eigenvalue weighted by Crippen LogP contribution is -2.43. The van der Waals surface area contributed by atoms with E-state index in [1.165, 1.54) is 29.7 Å². The van der Waals surface area contributed by atoms with Crippen molar-refractivity contribution in [2.75, 3.05) is 19.6 Å². The van der Waals surface area contributed by atoms with Crippen LogP contribution in [-0.4, -0.2) is 29.6 Å². The zero-order chi connectivity index (χ0) is 21.3. The quantitative estimate of drug-likeness (QED) is 0.574. The second-order valence-corrected chi connectivity index (χ2v) is 9.35. The number of aliphatic hydroxyl groups is 1. The number of benzene rings is 3. The minimum atomic E-state index is -0.729. The number of piperidine rings is 1. The number of hydrogen-bond donors (Lipinski definition) is 1. The molecule has 1 heterocycles. The van der Waals surface area contributed by atoms with Gasteiger partial charge in [-0.3, -0.25) is 0 Å². The van der Waals surface area contributed by atoms with Crippen LogP contribution in [0, 0.1) is 11.7 Å². The van der Waals surface area contributed by atoms with Gasteiger partial charge in [-0.25, -0.2) is 4.39 Å². The standard InChI is InChI=1S/C28H30FNO/c29-26-12-8-22(9-13-26)18-21-6-10-25(11-7-21)28(31)14-16-30(17-15-28)20-24-19-27(24)23-4-2-1-3-5-23/h1-13,24,27,31H,14-20H2. The third kappa shape index (κ3) is 4.73. The van der Waals surface area contributed by atoms with Gasteiger partial charge in [0.05, 0.1) is 5.60 Å². The molecule has 0 radical (unpaired) electrons. The molecule has 0 aromatic heterocycles. The number of rotatable bonds is 6. The molecule has 2 fully saturated rings. The molecule has 160 valence electrons. The van der Waals surface area contributed by atoms with Gasteiger partial charge in [-0.15, -0.1) is 0 Å². The second kappa shape index (κ2) is 8.57. The van der Waals surface area contributed by atoms with Gasteiger partial charge in [-0.2, -0.15) is 0 Å². The molecule has 2 nitrogen and oxygen atoms in total. The molecule has 0 amide bonds. The summed E-state index contributed by atoms with van der Waals surface area (Å²) >= 11 is 0. The fraction of sp³-hybridized carbons (Fsp3) is 0.357. The number of halogens is 1. The molecule has 31 heavy (non-hydrogen) atoms. The summed E-state index contributed by atoms with van der Waals surface area (Å²) in [5, 5.41) is 11.3. The molecule has 1 saturated carbocycles. The maximum Gasteiger partial charge on any atom is 0.123 e. The van der Waals surface area contributed by atoms with E-state index in [0.29, 0.717) is 0 Å². The first-order valence-electron chi connectivity index (χ1n) is 11.4. The Bertz CT molecular complexity index is 991. The molecule has 2 aliphatic rings. The van der Waals surface area contributed by atoms with Crippen LogP contribution in [0.3, 0.4) is 0 Å². The molecular weight excluding hydrogens is 385 g/mol. The zero-order valence-electron chi connectivity index (χ0n) is 17.9. The number of hydrogen-bond acceptors (Lipinski definition) is 2. The SMILES string of the molecule is OC1(c2ccc(Cc3ccc(F)cc3)cc2)CCN(CC2CC2c2ccccc2)CC1. The van der Waals surface area contributed by atoms with Crippen molar-refractivity contribution in [1.29, 1.82) is 0 Å². The molecular formula is C28H30FNO. The molecule has 1 saturated heterocycles. The molecule has 0 bridgehead atoms. The van der Waals surface area contributed by atoms with Crippen molar-refractivity contribution < 1.29 is 9.50 Å². The van der Waals surface area contributed by atoms with Crippen molar-refractivity contribution in [1.82, 2.24) is 4.90 Å². The van der Waals surface area contributed by atoms with Crippen LogP contribution >= 0.6 is 0 Å². The summed E-state index contributed by atoms with van der Waals surface area (Å²) in [7, 11) is 0. The highest BCUT2D eigenvalue weighted by Gasteiger charge is 2.41. The van der Waals surface area contributed by atoms with Crippen molar-refractivity contribution in [3.8, 4) is 0 Å². The molecule has 2 unspecified atom stereocenters. The van der Waals surface area contributed by atoms with Gasteiger partial charge in [0.2, 0.25) is 0 Å². The van der Waals surface area contributed by atoms with Crippen LogP contribution in [0.4, 0.5) is 4.39 Å². The van der Waals surface area contributed by atoms with E-state index >= 15 is 0 Å². The summed E-state index contributed by atoms with van der Waals surface area (Å²) in [4.78, 5) is 2.53. The Labute approximate surface area is 184 Å². The molecule has 3 heteroatoms. The van der Waals surface area contributed by atoms with Crippen LogP contribution < -0.4 is 0 Å². The molecule has 1 N–H and O–H groups in total. The molecule has 3 aromatic carbocycles. The van der Waals surface area contributed by atoms with Crippen molar-refractivity contribution in [3.63, 3.8) is 0 Å². The van der Waals surface area contributed by atoms with Crippen LogP contribution in [-0.2, 0) is 12.0 Å². The van der Waals surface area contributed by atoms with Crippen LogP contribution in [0.1, 0.15) is 47.4 Å². The van der Waals surface area contributed by atoms with E-state index in [1.54, 1.807) is 0 Å². The topological polar surface area (TPSA) is 23.5 Å². The maximum absolute atomic E-state index is 13.1. The highest BCUT2D eigenvalue weighted by atomic mass is 19.1. The van der Waals surface area contributed by atoms with Gasteiger partial charge in [-0.05, 0) is 71.9 Å². The Morgan fingerprint density at radius 1 is 0.839 bits per heavy atom. The van der Waals surface area contributed by atoms with Gasteiger partial charge in [0, 0.05) is 19.6 Å². The summed E-state index contributed by atoms with van der Waals surface area (Å²) in [5.74, 6) is 1.28. The summed E-state index contributed by atoms with van der Waals surface area (Å²) in [6.45, 7) is 3.05. The summed E-state index contributed by atoms with van der Waals surface area (Å²) in [5.41, 5.74) is 4.03. The minimum absolute atomic E-state index is 0.204. The van der Waals surface area contributed by atoms with Crippen LogP contribution in [0.15, 0.2) is 78.9 Å². The Balaban J connectivity index is 1.14. The van der Waals surface area contributed by atoms with Gasteiger partial charge in [0.15, 0.2) is 0 Å². The van der Waals surface area contributed by atoms with Gasteiger partial charge in [-0.1, -0.05) is 66.7 Å². The van der Waals surface area contributed by atoms with E-state index in [1.807, 2.05) is 12.1 Å². The highest BCUT2D eigenvalue weighted by molar-refractivity contribution is 5.32. The predicted octanol–water partition coefficient (Wildman–Crippen LogP) is 5.50. The van der Waals surface area contributed by atoms with Crippen molar-refractivity contribution in [2.45, 2.75) is 37.2 Å². The van der Waals surface area contributed by atoms with Gasteiger partial charge >= 0.3 is 0 Å². The van der Waals surface area contributed by atoms with Crippen molar-refractivity contribution in [2.24, 2.45) is 5.92 Å². The lowest BCUT2D eigenvalue weighted by molar-refractivity contribution is -0.0268. The Morgan fingerprint density at radius 3 is 2.10 bits per heavy atom. The Morgan fingerprint density at radius 2 is 1.45 bits per heavy atom. The van der Waals surface area contributed by atoms with E-state index < -0.39 is 5.60 Å². The van der Waals surface area contributed by atoms with Crippen LogP contribution in [0.25, 0.3) is 0 Å². The van der Waals surface area contributed by atoms with Gasteiger partial charge < -0.3 is 10.0 Å². The lowest BCUT2D eigenvalue weighted by atomic mass is 9.84. The molecule has 1 aliphatic heterocycles. The Hall–Kier alpha value is -2.49. The number of nitrogens with zero attached hydrogens (tertiary/aromatic N) is 1. The maximum atomic E-state index is 13.1. The van der Waals surface area contributed by atoms with E-state index in [9.17, 15) is 9.50 Å². The van der Waals surface area contributed by atoms with E-state index in [2.05, 4.69) is 59.5 Å². The summed E-state index contributed by atoms with van der Waals surface area (Å²) in [6.07, 6.45) is 3.64. The fourth-order valence-corrected chi connectivity index (χ4v) is 5.05. The van der Waals surface area contributed by atoms with Gasteiger partial charge in [0.25, 0.3) is 0 Å². The third-order valence-corrected chi connectivity index (χ3v) is 7.14. The minimum Gasteiger partial charge on any atom is -0.385 e. The zero-order valence-corrected chi connectivity index (χ0v) is 17.9. The van der Waals surface area contributed by atoms with Gasteiger partial charge in [0.1, 0.15) is 5.82 Å². The average Bonchev–Trinajstić information content (AvgIpc) is 3.57. The summed E-state index contributed by atoms with van der Waals surface area (Å²) < 4.78 is 13.1. The normalized spacial score (nSPS) is 22.9. The van der Waals surface area contributed by atoms with E-state index in [0.717, 1.165) is 61.9 Å². The average molecular weight is 416 g/mol. The lowest BCUT2D eigenvalue weighted by Gasteiger charge is -2.38. The smallest absolute Gasteiger partial charge is 0.123 e. The van der Waals surface area contributed by atoms with E-state index in [-0.39, 0.29) is 5.82 Å². The fourth-order valence-electron chi connectivity index (χ4n) is 5.05. The van der Waals surface area contributed by atoms with Crippen LogP contribution in [0.2, 0.25) is 0 Å². The molecule has 1 aliphatic carbocycles. The second-order valence-electron chi connectivity index (χ2n) is 9.35. The first-order valence-corrected chi connectivity index (χ1v) is 11.4. The first kappa shape index (κ1) is 20.4. The predicted molar refractivity (Wildman–Crippen MR) is 123 cm³/mol. The summed E-state index contributed by atoms with van der Waals surface area (Å²) in [6, 6.07) is 25.8. The third-order valence-electron chi connectivity index (χ3n) is 7.14. The molecule has 0 spiro atoms.